The van der Waals surface area contributed by atoms with Crippen molar-refractivity contribution in [2.75, 3.05) is 5.32 Å². The molecule has 0 bridgehead atoms. The predicted octanol–water partition coefficient (Wildman–Crippen LogP) is 9.01. The number of fused-ring (bicyclic) bond motifs is 1. The summed E-state index contributed by atoms with van der Waals surface area (Å²) < 4.78 is 27.1. The molecule has 0 unspecified atom stereocenters. The van der Waals surface area contributed by atoms with Gasteiger partial charge in [0.2, 0.25) is 5.95 Å². The summed E-state index contributed by atoms with van der Waals surface area (Å²) in [4.78, 5) is 5.43. The van der Waals surface area contributed by atoms with Crippen molar-refractivity contribution >= 4 is 73.0 Å². The van der Waals surface area contributed by atoms with E-state index in [9.17, 15) is 8.78 Å². The minimum atomic E-state index is -2.82. The van der Waals surface area contributed by atoms with Gasteiger partial charge in [0.15, 0.2) is 0 Å². The van der Waals surface area contributed by atoms with Gasteiger partial charge >= 0.3 is 3.26 Å². The van der Waals surface area contributed by atoms with Crippen LogP contribution in [-0.4, -0.2) is 12.8 Å². The lowest BCUT2D eigenvalue weighted by atomic mass is 9.70. The van der Waals surface area contributed by atoms with Crippen LogP contribution in [0.15, 0.2) is 51.8 Å². The van der Waals surface area contributed by atoms with E-state index in [1.54, 1.807) is 12.1 Å². The van der Waals surface area contributed by atoms with E-state index < -0.39 is 3.26 Å². The standard InChI is InChI=1S/C23H25BrF2IN3S/c1-14-10-17(13-22(2,3)12-14)30-20-9-4-15(24)11-19(20)29-21(30)28-16-5-7-18(8-6-16)31-23(25,26)27/h4-9,11,14,17H,10,12-13H2,1-3H3,(H,28,29)/t14-,17+/m1/s1. The van der Waals surface area contributed by atoms with Gasteiger partial charge in [-0.2, -0.15) is 8.78 Å². The number of anilines is 2. The minimum Gasteiger partial charge on any atom is -0.326 e. The lowest BCUT2D eigenvalue weighted by Crippen LogP contribution is -2.29. The van der Waals surface area contributed by atoms with Gasteiger partial charge in [-0.3, -0.25) is 0 Å². The van der Waals surface area contributed by atoms with Crippen LogP contribution < -0.4 is 5.32 Å². The van der Waals surface area contributed by atoms with Gasteiger partial charge in [0.1, 0.15) is 0 Å². The second-order valence-electron chi connectivity index (χ2n) is 9.20. The largest absolute Gasteiger partial charge is 0.347 e. The van der Waals surface area contributed by atoms with Crippen LogP contribution >= 0.6 is 50.3 Å². The van der Waals surface area contributed by atoms with Crippen LogP contribution in [0.4, 0.5) is 20.4 Å². The number of aromatic nitrogens is 2. The van der Waals surface area contributed by atoms with E-state index in [-0.39, 0.29) is 5.41 Å². The summed E-state index contributed by atoms with van der Waals surface area (Å²) >= 11 is 5.25. The zero-order chi connectivity index (χ0) is 22.4. The molecule has 166 valence electrons. The third-order valence-corrected chi connectivity index (χ3v) is 7.62. The third kappa shape index (κ3) is 5.74. The summed E-state index contributed by atoms with van der Waals surface area (Å²) in [5, 5.41) is 3.45. The summed E-state index contributed by atoms with van der Waals surface area (Å²) in [5.41, 5.74) is 3.15. The lowest BCUT2D eigenvalue weighted by Gasteiger charge is -2.40. The summed E-state index contributed by atoms with van der Waals surface area (Å²) in [7, 11) is 0. The maximum absolute atomic E-state index is 13.3. The fourth-order valence-corrected chi connectivity index (χ4v) is 6.54. The lowest BCUT2D eigenvalue weighted by molar-refractivity contribution is 0.140. The molecule has 1 aliphatic rings. The zero-order valence-electron chi connectivity index (χ0n) is 17.6. The number of halogens is 4. The Morgan fingerprint density at radius 2 is 1.90 bits per heavy atom. The first-order valence-corrected chi connectivity index (χ1v) is 13.0. The molecule has 3 aromatic rings. The molecule has 1 aliphatic carbocycles. The predicted molar refractivity (Wildman–Crippen MR) is 138 cm³/mol. The molecule has 1 saturated carbocycles. The first-order chi connectivity index (χ1) is 14.5. The van der Waals surface area contributed by atoms with Crippen LogP contribution in [-0.2, 0) is 0 Å². The van der Waals surface area contributed by atoms with Crippen LogP contribution in [0.2, 0.25) is 0 Å². The first-order valence-electron chi connectivity index (χ1n) is 10.3. The Morgan fingerprint density at radius 3 is 2.55 bits per heavy atom. The van der Waals surface area contributed by atoms with E-state index in [0.29, 0.717) is 28.6 Å². The Kier molecular flexibility index (Phi) is 6.63. The molecule has 0 aliphatic heterocycles. The van der Waals surface area contributed by atoms with Crippen molar-refractivity contribution < 1.29 is 8.78 Å². The van der Waals surface area contributed by atoms with Crippen LogP contribution in [0.1, 0.15) is 46.1 Å². The number of alkyl halides is 3. The van der Waals surface area contributed by atoms with Gasteiger partial charge in [0.25, 0.3) is 0 Å². The van der Waals surface area contributed by atoms with Crippen LogP contribution in [0, 0.1) is 11.3 Å². The highest BCUT2D eigenvalue weighted by Crippen LogP contribution is 2.46. The number of benzene rings is 2. The van der Waals surface area contributed by atoms with E-state index in [2.05, 4.69) is 58.7 Å². The third-order valence-electron chi connectivity index (χ3n) is 5.72. The Hall–Kier alpha value is -0.870. The molecular formula is C23H25BrF2IN3S. The van der Waals surface area contributed by atoms with Gasteiger partial charge in [-0.1, -0.05) is 36.7 Å². The Bertz CT molecular complexity index is 1080. The summed E-state index contributed by atoms with van der Waals surface area (Å²) in [6, 6.07) is 13.7. The highest BCUT2D eigenvalue weighted by Gasteiger charge is 2.34. The Labute approximate surface area is 208 Å². The van der Waals surface area contributed by atoms with Crippen molar-refractivity contribution in [1.29, 1.82) is 0 Å². The number of imidazole rings is 1. The van der Waals surface area contributed by atoms with Crippen LogP contribution in [0.25, 0.3) is 11.0 Å². The summed E-state index contributed by atoms with van der Waals surface area (Å²) in [5.74, 6) is 1.43. The van der Waals surface area contributed by atoms with Crippen molar-refractivity contribution in [2.24, 2.45) is 11.3 Å². The molecule has 1 heterocycles. The van der Waals surface area contributed by atoms with Gasteiger partial charge in [-0.05, 0) is 84.8 Å². The van der Waals surface area contributed by atoms with Crippen molar-refractivity contribution in [3.05, 3.63) is 46.9 Å². The smallest absolute Gasteiger partial charge is 0.326 e. The molecule has 4 rings (SSSR count). The topological polar surface area (TPSA) is 29.9 Å². The number of hydrogen-bond acceptors (Lipinski definition) is 3. The van der Waals surface area contributed by atoms with Crippen molar-refractivity contribution in [2.45, 2.75) is 54.2 Å². The molecule has 0 spiro atoms. The fourth-order valence-electron chi connectivity index (χ4n) is 4.89. The van der Waals surface area contributed by atoms with E-state index >= 15 is 0 Å². The van der Waals surface area contributed by atoms with Gasteiger partial charge in [0, 0.05) is 43.7 Å². The Morgan fingerprint density at radius 1 is 1.19 bits per heavy atom. The maximum Gasteiger partial charge on any atom is 0.347 e. The molecule has 2 atom stereocenters. The van der Waals surface area contributed by atoms with E-state index in [0.717, 1.165) is 62.6 Å². The Balaban J connectivity index is 1.70. The molecule has 0 saturated heterocycles. The van der Waals surface area contributed by atoms with Gasteiger partial charge in [-0.25, -0.2) is 4.98 Å². The summed E-state index contributed by atoms with van der Waals surface area (Å²) in [6.07, 6.45) is 3.43. The van der Waals surface area contributed by atoms with Crippen molar-refractivity contribution in [3.63, 3.8) is 0 Å². The first kappa shape index (κ1) is 23.3. The minimum absolute atomic E-state index is 0.273. The van der Waals surface area contributed by atoms with Gasteiger partial charge in [0.05, 0.1) is 11.0 Å². The normalized spacial score (nSPS) is 21.4. The highest BCUT2D eigenvalue weighted by molar-refractivity contribution is 14.1. The van der Waals surface area contributed by atoms with E-state index in [1.807, 2.05) is 18.2 Å². The molecule has 1 N–H and O–H groups in total. The SMILES string of the molecule is C[C@@H]1C[C@H](n2c(Nc3ccc(SC(F)(F)I)cc3)nc3cc(Br)ccc32)CC(C)(C)C1. The number of nitrogens with zero attached hydrogens (tertiary/aromatic N) is 2. The summed E-state index contributed by atoms with van der Waals surface area (Å²) in [6.45, 7) is 7.02. The fraction of sp³-hybridized carbons (Fsp3) is 0.435. The average Bonchev–Trinajstić information content (AvgIpc) is 2.97. The maximum atomic E-state index is 13.3. The second-order valence-corrected chi connectivity index (χ2v) is 13.4. The van der Waals surface area contributed by atoms with Crippen molar-refractivity contribution in [3.8, 4) is 0 Å². The molecule has 1 aromatic heterocycles. The molecule has 0 amide bonds. The van der Waals surface area contributed by atoms with Gasteiger partial charge in [-0.15, -0.1) is 0 Å². The van der Waals surface area contributed by atoms with Crippen molar-refractivity contribution in [1.82, 2.24) is 9.55 Å². The molecule has 0 radical (unpaired) electrons. The molecule has 8 heteroatoms. The number of rotatable bonds is 5. The molecule has 2 aromatic carbocycles. The molecular weight excluding hydrogens is 595 g/mol. The van der Waals surface area contributed by atoms with Crippen LogP contribution in [0.5, 0.6) is 0 Å². The number of hydrogen-bond donors (Lipinski definition) is 1. The highest BCUT2D eigenvalue weighted by atomic mass is 127. The number of thioether (sulfide) groups is 1. The van der Waals surface area contributed by atoms with E-state index in [1.165, 1.54) is 6.42 Å². The monoisotopic (exact) mass is 619 g/mol. The zero-order valence-corrected chi connectivity index (χ0v) is 22.2. The molecule has 3 nitrogen and oxygen atoms in total. The van der Waals surface area contributed by atoms with Gasteiger partial charge < -0.3 is 9.88 Å². The van der Waals surface area contributed by atoms with Crippen LogP contribution in [0.3, 0.4) is 0 Å². The molecule has 1 fully saturated rings. The molecule has 31 heavy (non-hydrogen) atoms. The quantitative estimate of drug-likeness (QED) is 0.176. The van der Waals surface area contributed by atoms with E-state index in [4.69, 9.17) is 4.98 Å². The number of nitrogens with one attached hydrogen (secondary N) is 1. The second kappa shape index (κ2) is 8.82. The average molecular weight is 620 g/mol.